The van der Waals surface area contributed by atoms with Crippen LogP contribution < -0.4 is 10.5 Å². The average Bonchev–Trinajstić information content (AvgIpc) is 2.69. The van der Waals surface area contributed by atoms with E-state index in [-0.39, 0.29) is 11.5 Å². The molecule has 6 nitrogen and oxygen atoms in total. The molecule has 0 saturated heterocycles. The summed E-state index contributed by atoms with van der Waals surface area (Å²) < 4.78 is 6.37. The van der Waals surface area contributed by atoms with Gasteiger partial charge in [0.05, 0.1) is 24.3 Å². The number of ether oxygens (including phenoxy) is 1. The fourth-order valence-corrected chi connectivity index (χ4v) is 3.54. The lowest BCUT2D eigenvalue weighted by molar-refractivity contribution is 0.0599. The lowest BCUT2D eigenvalue weighted by Crippen LogP contribution is -2.37. The Bertz CT molecular complexity index is 1040. The molecular formula is C20H19N3O3. The summed E-state index contributed by atoms with van der Waals surface area (Å²) in [5, 5.41) is 5.81. The van der Waals surface area contributed by atoms with Gasteiger partial charge in [-0.3, -0.25) is 4.79 Å². The number of methoxy groups -OCH3 is 1. The molecule has 1 aliphatic heterocycles. The minimum Gasteiger partial charge on any atom is -0.465 e. The summed E-state index contributed by atoms with van der Waals surface area (Å²) in [6.07, 6.45) is 3.44. The number of aromatic nitrogens is 2. The Hall–Kier alpha value is -3.15. The number of nitrogens with zero attached hydrogens (tertiary/aromatic N) is 3. The first-order valence-corrected chi connectivity index (χ1v) is 8.59. The van der Waals surface area contributed by atoms with Gasteiger partial charge in [0.1, 0.15) is 6.67 Å². The number of hydrogen-bond acceptors (Lipinski definition) is 5. The van der Waals surface area contributed by atoms with Crippen LogP contribution in [0.25, 0.3) is 10.8 Å². The Morgan fingerprint density at radius 3 is 2.88 bits per heavy atom. The highest BCUT2D eigenvalue weighted by atomic mass is 16.5. The van der Waals surface area contributed by atoms with Crippen molar-refractivity contribution in [2.75, 3.05) is 18.6 Å². The number of esters is 1. The first kappa shape index (κ1) is 16.3. The van der Waals surface area contributed by atoms with Gasteiger partial charge in [-0.05, 0) is 36.6 Å². The Labute approximate surface area is 150 Å². The van der Waals surface area contributed by atoms with Gasteiger partial charge in [-0.15, -0.1) is 0 Å². The number of benzene rings is 2. The molecule has 2 aromatic carbocycles. The quantitative estimate of drug-likeness (QED) is 0.680. The smallest absolute Gasteiger partial charge is 0.338 e. The summed E-state index contributed by atoms with van der Waals surface area (Å²) in [5.74, 6) is -0.329. The van der Waals surface area contributed by atoms with Crippen LogP contribution in [0.3, 0.4) is 0 Å². The van der Waals surface area contributed by atoms with E-state index in [1.54, 1.807) is 12.3 Å². The second-order valence-electron chi connectivity index (χ2n) is 6.34. The molecule has 2 heterocycles. The molecule has 0 saturated carbocycles. The third-order valence-electron chi connectivity index (χ3n) is 4.82. The molecule has 0 N–H and O–H groups in total. The molecule has 0 radical (unpaired) electrons. The lowest BCUT2D eigenvalue weighted by Gasteiger charge is -2.32. The molecular weight excluding hydrogens is 330 g/mol. The summed E-state index contributed by atoms with van der Waals surface area (Å²) >= 11 is 0. The fraction of sp³-hybridized carbons (Fsp3) is 0.250. The minimum atomic E-state index is -0.329. The van der Waals surface area contributed by atoms with Crippen LogP contribution in [0.2, 0.25) is 0 Å². The molecule has 1 aromatic heterocycles. The van der Waals surface area contributed by atoms with Crippen LogP contribution >= 0.6 is 0 Å². The largest absolute Gasteiger partial charge is 0.465 e. The molecule has 4 rings (SSSR count). The zero-order chi connectivity index (χ0) is 18.1. The Kier molecular flexibility index (Phi) is 4.16. The molecule has 3 aromatic rings. The van der Waals surface area contributed by atoms with Crippen LogP contribution in [0.4, 0.5) is 5.69 Å². The highest BCUT2D eigenvalue weighted by molar-refractivity contribution is 5.93. The molecule has 26 heavy (non-hydrogen) atoms. The second-order valence-corrected chi connectivity index (χ2v) is 6.34. The molecule has 132 valence electrons. The minimum absolute atomic E-state index is 0.112. The third kappa shape index (κ3) is 2.73. The highest BCUT2D eigenvalue weighted by Crippen LogP contribution is 2.30. The normalized spacial score (nSPS) is 13.5. The lowest BCUT2D eigenvalue weighted by atomic mass is 9.96. The first-order valence-electron chi connectivity index (χ1n) is 8.59. The van der Waals surface area contributed by atoms with E-state index in [1.807, 2.05) is 36.4 Å². The van der Waals surface area contributed by atoms with Crippen LogP contribution in [0.5, 0.6) is 0 Å². The summed E-state index contributed by atoms with van der Waals surface area (Å²) in [6, 6.07) is 13.1. The van der Waals surface area contributed by atoms with E-state index < -0.39 is 0 Å². The van der Waals surface area contributed by atoms with E-state index >= 15 is 0 Å². The maximum atomic E-state index is 12.7. The van der Waals surface area contributed by atoms with Gasteiger partial charge in [0.2, 0.25) is 0 Å². The molecule has 1 aliphatic rings. The van der Waals surface area contributed by atoms with Crippen LogP contribution in [-0.4, -0.2) is 29.4 Å². The first-order chi connectivity index (χ1) is 12.7. The van der Waals surface area contributed by atoms with Gasteiger partial charge in [0, 0.05) is 17.6 Å². The van der Waals surface area contributed by atoms with Crippen molar-refractivity contribution in [2.45, 2.75) is 19.5 Å². The summed E-state index contributed by atoms with van der Waals surface area (Å²) in [6.45, 7) is 1.15. The number of carbonyl (C=O) groups excluding carboxylic acids is 1. The van der Waals surface area contributed by atoms with Crippen LogP contribution in [0.15, 0.2) is 53.5 Å². The maximum absolute atomic E-state index is 12.7. The molecule has 0 bridgehead atoms. The van der Waals surface area contributed by atoms with Crippen molar-refractivity contribution >= 4 is 22.4 Å². The van der Waals surface area contributed by atoms with E-state index in [0.717, 1.165) is 36.0 Å². The molecule has 0 amide bonds. The fourth-order valence-electron chi connectivity index (χ4n) is 3.54. The van der Waals surface area contributed by atoms with Gasteiger partial charge >= 0.3 is 5.97 Å². The van der Waals surface area contributed by atoms with Crippen LogP contribution in [0.1, 0.15) is 22.3 Å². The number of rotatable bonds is 3. The topological polar surface area (TPSA) is 64.4 Å². The van der Waals surface area contributed by atoms with Gasteiger partial charge < -0.3 is 9.64 Å². The summed E-state index contributed by atoms with van der Waals surface area (Å²) in [5.41, 5.74) is 2.41. The Morgan fingerprint density at radius 2 is 2.04 bits per heavy atom. The van der Waals surface area contributed by atoms with Gasteiger partial charge in [-0.2, -0.15) is 5.10 Å². The van der Waals surface area contributed by atoms with E-state index in [2.05, 4.69) is 10.00 Å². The third-order valence-corrected chi connectivity index (χ3v) is 4.82. The van der Waals surface area contributed by atoms with Crippen molar-refractivity contribution in [3.8, 4) is 0 Å². The summed E-state index contributed by atoms with van der Waals surface area (Å²) in [4.78, 5) is 26.9. The monoisotopic (exact) mass is 349 g/mol. The number of anilines is 1. The van der Waals surface area contributed by atoms with Crippen molar-refractivity contribution in [1.82, 2.24) is 9.78 Å². The average molecular weight is 349 g/mol. The molecule has 0 aliphatic carbocycles. The van der Waals surface area contributed by atoms with Crippen molar-refractivity contribution in [1.29, 1.82) is 0 Å². The SMILES string of the molecule is COC(=O)c1cccc2c1CCCN2Cn1ncc2ccccc2c1=O. The van der Waals surface area contributed by atoms with E-state index in [4.69, 9.17) is 4.74 Å². The molecule has 0 fully saturated rings. The van der Waals surface area contributed by atoms with Crippen molar-refractivity contribution in [3.05, 3.63) is 70.1 Å². The zero-order valence-electron chi connectivity index (χ0n) is 14.5. The van der Waals surface area contributed by atoms with Gasteiger partial charge in [-0.1, -0.05) is 24.3 Å². The van der Waals surface area contributed by atoms with E-state index in [9.17, 15) is 9.59 Å². The predicted octanol–water partition coefficient (Wildman–Crippen LogP) is 2.59. The highest BCUT2D eigenvalue weighted by Gasteiger charge is 2.23. The molecule has 0 atom stereocenters. The Balaban J connectivity index is 1.73. The molecule has 0 unspecified atom stereocenters. The van der Waals surface area contributed by atoms with Crippen molar-refractivity contribution in [3.63, 3.8) is 0 Å². The number of hydrogen-bond donors (Lipinski definition) is 0. The molecule has 0 spiro atoms. The number of fused-ring (bicyclic) bond motifs is 2. The Morgan fingerprint density at radius 1 is 1.19 bits per heavy atom. The predicted molar refractivity (Wildman–Crippen MR) is 99.5 cm³/mol. The van der Waals surface area contributed by atoms with Gasteiger partial charge in [0.15, 0.2) is 0 Å². The van der Waals surface area contributed by atoms with Gasteiger partial charge in [-0.25, -0.2) is 9.48 Å². The zero-order valence-corrected chi connectivity index (χ0v) is 14.5. The van der Waals surface area contributed by atoms with Crippen molar-refractivity contribution in [2.24, 2.45) is 0 Å². The number of carbonyl (C=O) groups is 1. The second kappa shape index (κ2) is 6.63. The van der Waals surface area contributed by atoms with Crippen molar-refractivity contribution < 1.29 is 9.53 Å². The standard InChI is InChI=1S/C20H19N3O3/c1-26-20(25)17-8-4-10-18-16(17)9-5-11-22(18)13-23-19(24)15-7-3-2-6-14(15)12-21-23/h2-4,6-8,10,12H,5,9,11,13H2,1H3. The van der Waals surface area contributed by atoms with E-state index in [0.29, 0.717) is 17.6 Å². The molecule has 6 heteroatoms. The van der Waals surface area contributed by atoms with Gasteiger partial charge in [0.25, 0.3) is 5.56 Å². The van der Waals surface area contributed by atoms with Crippen LogP contribution in [-0.2, 0) is 17.8 Å². The maximum Gasteiger partial charge on any atom is 0.338 e. The summed E-state index contributed by atoms with van der Waals surface area (Å²) in [7, 11) is 1.39. The van der Waals surface area contributed by atoms with E-state index in [1.165, 1.54) is 11.8 Å². The van der Waals surface area contributed by atoms with Crippen LogP contribution in [0, 0.1) is 0 Å².